The van der Waals surface area contributed by atoms with Crippen molar-refractivity contribution >= 4 is 23.2 Å². The van der Waals surface area contributed by atoms with Crippen LogP contribution in [0.5, 0.6) is 5.75 Å². The minimum Gasteiger partial charge on any atom is -0.508 e. The summed E-state index contributed by atoms with van der Waals surface area (Å²) in [6.45, 7) is 4.77. The van der Waals surface area contributed by atoms with Gasteiger partial charge in [0.25, 0.3) is 0 Å². The van der Waals surface area contributed by atoms with Crippen molar-refractivity contribution in [2.24, 2.45) is 11.8 Å². The van der Waals surface area contributed by atoms with Crippen LogP contribution in [0, 0.1) is 11.8 Å². The van der Waals surface area contributed by atoms with Crippen molar-refractivity contribution in [3.63, 3.8) is 0 Å². The standard InChI is InChI=1S/C17H23Cl2NO2/c18-15-9-14(17(21)10-16(15)19)11-20-5-1-12(2-6-20)13-3-7-22-8-4-13/h9-10,12-13,21H,1-8,11H2. The first-order valence-electron chi connectivity index (χ1n) is 8.10. The minimum absolute atomic E-state index is 0.237. The number of halogens is 2. The molecule has 0 bridgehead atoms. The average Bonchev–Trinajstić information content (AvgIpc) is 2.54. The number of phenols is 1. The smallest absolute Gasteiger partial charge is 0.121 e. The number of likely N-dealkylation sites (tertiary alicyclic amines) is 1. The lowest BCUT2D eigenvalue weighted by molar-refractivity contribution is 0.0295. The summed E-state index contributed by atoms with van der Waals surface area (Å²) in [5, 5.41) is 10.9. The SMILES string of the molecule is Oc1cc(Cl)c(Cl)cc1CN1CCC(C2CCOCC2)CC1. The molecule has 1 N–H and O–H groups in total. The molecule has 0 atom stereocenters. The van der Waals surface area contributed by atoms with Crippen LogP contribution in [0.2, 0.25) is 10.0 Å². The lowest BCUT2D eigenvalue weighted by atomic mass is 9.80. The van der Waals surface area contributed by atoms with E-state index in [1.807, 2.05) is 0 Å². The highest BCUT2D eigenvalue weighted by atomic mass is 35.5. The number of hydrogen-bond acceptors (Lipinski definition) is 3. The van der Waals surface area contributed by atoms with Gasteiger partial charge >= 0.3 is 0 Å². The third kappa shape index (κ3) is 3.88. The summed E-state index contributed by atoms with van der Waals surface area (Å²) in [6.07, 6.45) is 4.93. The predicted molar refractivity (Wildman–Crippen MR) is 89.7 cm³/mol. The van der Waals surface area contributed by atoms with E-state index in [1.54, 1.807) is 6.07 Å². The van der Waals surface area contributed by atoms with E-state index in [4.69, 9.17) is 27.9 Å². The first kappa shape index (κ1) is 16.4. The first-order valence-corrected chi connectivity index (χ1v) is 8.86. The molecule has 122 valence electrons. The fraction of sp³-hybridized carbons (Fsp3) is 0.647. The second-order valence-electron chi connectivity index (χ2n) is 6.46. The second kappa shape index (κ2) is 7.39. The normalized spacial score (nSPS) is 22.1. The van der Waals surface area contributed by atoms with Crippen LogP contribution in [0.4, 0.5) is 0 Å². The number of phenolic OH excluding ortho intramolecular Hbond substituents is 1. The fourth-order valence-corrected chi connectivity index (χ4v) is 4.06. The fourth-order valence-electron chi connectivity index (χ4n) is 3.71. The molecule has 2 aliphatic heterocycles. The molecule has 22 heavy (non-hydrogen) atoms. The zero-order valence-corrected chi connectivity index (χ0v) is 14.2. The lowest BCUT2D eigenvalue weighted by Gasteiger charge is -2.37. The molecule has 2 heterocycles. The summed E-state index contributed by atoms with van der Waals surface area (Å²) < 4.78 is 5.46. The summed E-state index contributed by atoms with van der Waals surface area (Å²) in [5.74, 6) is 1.91. The molecule has 0 radical (unpaired) electrons. The molecule has 0 unspecified atom stereocenters. The maximum Gasteiger partial charge on any atom is 0.121 e. The predicted octanol–water partition coefficient (Wildman–Crippen LogP) is 4.34. The van der Waals surface area contributed by atoms with E-state index >= 15 is 0 Å². The van der Waals surface area contributed by atoms with Crippen LogP contribution in [0.25, 0.3) is 0 Å². The van der Waals surface area contributed by atoms with E-state index in [1.165, 1.54) is 31.7 Å². The van der Waals surface area contributed by atoms with Gasteiger partial charge in [0.05, 0.1) is 10.0 Å². The zero-order valence-electron chi connectivity index (χ0n) is 12.7. The molecule has 0 aromatic heterocycles. The summed E-state index contributed by atoms with van der Waals surface area (Å²) in [5.41, 5.74) is 0.860. The zero-order chi connectivity index (χ0) is 15.5. The van der Waals surface area contributed by atoms with Gasteiger partial charge < -0.3 is 9.84 Å². The second-order valence-corrected chi connectivity index (χ2v) is 7.27. The van der Waals surface area contributed by atoms with Crippen molar-refractivity contribution < 1.29 is 9.84 Å². The molecule has 2 aliphatic rings. The van der Waals surface area contributed by atoms with Gasteiger partial charge in [-0.1, -0.05) is 23.2 Å². The molecule has 3 rings (SSSR count). The third-order valence-corrected chi connectivity index (χ3v) is 5.80. The largest absolute Gasteiger partial charge is 0.508 e. The maximum absolute atomic E-state index is 10.0. The van der Waals surface area contributed by atoms with Crippen LogP contribution in [0.15, 0.2) is 12.1 Å². The van der Waals surface area contributed by atoms with Crippen molar-refractivity contribution in [1.82, 2.24) is 4.90 Å². The summed E-state index contributed by atoms with van der Waals surface area (Å²) in [4.78, 5) is 2.40. The Kier molecular flexibility index (Phi) is 5.50. The summed E-state index contributed by atoms with van der Waals surface area (Å²) in [6, 6.07) is 3.32. The number of ether oxygens (including phenoxy) is 1. The Labute approximate surface area is 142 Å². The molecule has 2 saturated heterocycles. The van der Waals surface area contributed by atoms with Crippen LogP contribution < -0.4 is 0 Å². The molecular weight excluding hydrogens is 321 g/mol. The Morgan fingerprint density at radius 3 is 2.27 bits per heavy atom. The number of nitrogens with zero attached hydrogens (tertiary/aromatic N) is 1. The first-order chi connectivity index (χ1) is 10.6. The van der Waals surface area contributed by atoms with Gasteiger partial charge in [0, 0.05) is 31.4 Å². The van der Waals surface area contributed by atoms with Gasteiger partial charge in [-0.25, -0.2) is 0 Å². The van der Waals surface area contributed by atoms with Crippen LogP contribution in [0.3, 0.4) is 0 Å². The molecule has 1 aromatic rings. The highest BCUT2D eigenvalue weighted by molar-refractivity contribution is 6.42. The Morgan fingerprint density at radius 2 is 1.59 bits per heavy atom. The van der Waals surface area contributed by atoms with E-state index in [2.05, 4.69) is 4.90 Å². The lowest BCUT2D eigenvalue weighted by Crippen LogP contribution is -2.37. The quantitative estimate of drug-likeness (QED) is 0.886. The monoisotopic (exact) mass is 343 g/mol. The van der Waals surface area contributed by atoms with Gasteiger partial charge in [-0.05, 0) is 56.7 Å². The van der Waals surface area contributed by atoms with E-state index in [0.29, 0.717) is 10.0 Å². The molecule has 0 spiro atoms. The van der Waals surface area contributed by atoms with Crippen molar-refractivity contribution in [2.45, 2.75) is 32.2 Å². The Balaban J connectivity index is 1.54. The van der Waals surface area contributed by atoms with Gasteiger partial charge in [-0.2, -0.15) is 0 Å². The van der Waals surface area contributed by atoms with Crippen molar-refractivity contribution in [3.05, 3.63) is 27.7 Å². The van der Waals surface area contributed by atoms with E-state index in [-0.39, 0.29) is 5.75 Å². The summed E-state index contributed by atoms with van der Waals surface area (Å²) in [7, 11) is 0. The molecular formula is C17H23Cl2NO2. The van der Waals surface area contributed by atoms with Gasteiger partial charge in [0.1, 0.15) is 5.75 Å². The highest BCUT2D eigenvalue weighted by Crippen LogP contribution is 2.34. The highest BCUT2D eigenvalue weighted by Gasteiger charge is 2.28. The van der Waals surface area contributed by atoms with Gasteiger partial charge in [0.2, 0.25) is 0 Å². The van der Waals surface area contributed by atoms with Gasteiger partial charge in [-0.3, -0.25) is 4.90 Å². The number of aromatic hydroxyl groups is 1. The number of benzene rings is 1. The molecule has 1 aromatic carbocycles. The molecule has 3 nitrogen and oxygen atoms in total. The average molecular weight is 344 g/mol. The Morgan fingerprint density at radius 1 is 1.00 bits per heavy atom. The van der Waals surface area contributed by atoms with Gasteiger partial charge in [-0.15, -0.1) is 0 Å². The molecule has 0 amide bonds. The van der Waals surface area contributed by atoms with Crippen LogP contribution >= 0.6 is 23.2 Å². The number of piperidine rings is 1. The van der Waals surface area contributed by atoms with Crippen molar-refractivity contribution in [3.8, 4) is 5.75 Å². The third-order valence-electron chi connectivity index (χ3n) is 5.08. The minimum atomic E-state index is 0.237. The summed E-state index contributed by atoms with van der Waals surface area (Å²) >= 11 is 12.0. The van der Waals surface area contributed by atoms with E-state index < -0.39 is 0 Å². The van der Waals surface area contributed by atoms with E-state index in [0.717, 1.165) is 50.2 Å². The topological polar surface area (TPSA) is 32.7 Å². The van der Waals surface area contributed by atoms with Crippen molar-refractivity contribution in [1.29, 1.82) is 0 Å². The number of hydrogen-bond donors (Lipinski definition) is 1. The van der Waals surface area contributed by atoms with E-state index in [9.17, 15) is 5.11 Å². The Hall–Kier alpha value is -0.480. The maximum atomic E-state index is 10.0. The Bertz CT molecular complexity index is 510. The molecule has 5 heteroatoms. The molecule has 0 aliphatic carbocycles. The van der Waals surface area contributed by atoms with Gasteiger partial charge in [0.15, 0.2) is 0 Å². The van der Waals surface area contributed by atoms with Crippen LogP contribution in [-0.2, 0) is 11.3 Å². The molecule has 0 saturated carbocycles. The van der Waals surface area contributed by atoms with Crippen molar-refractivity contribution in [2.75, 3.05) is 26.3 Å². The number of rotatable bonds is 3. The van der Waals surface area contributed by atoms with Crippen LogP contribution in [-0.4, -0.2) is 36.3 Å². The van der Waals surface area contributed by atoms with Crippen LogP contribution in [0.1, 0.15) is 31.2 Å². The molecule has 2 fully saturated rings.